The molecule has 0 saturated carbocycles. The Morgan fingerprint density at radius 2 is 2.40 bits per heavy atom. The predicted molar refractivity (Wildman–Crippen MR) is 59.9 cm³/mol. The maximum atomic E-state index is 5.74. The average molecular weight is 204 g/mol. The van der Waals surface area contributed by atoms with Gasteiger partial charge in [0.2, 0.25) is 0 Å². The first kappa shape index (κ1) is 10.1. The molecule has 2 rings (SSSR count). The molecule has 1 aliphatic rings. The van der Waals surface area contributed by atoms with Crippen LogP contribution in [0.25, 0.3) is 0 Å². The zero-order valence-corrected chi connectivity index (χ0v) is 9.02. The summed E-state index contributed by atoms with van der Waals surface area (Å²) in [5, 5.41) is 0. The maximum absolute atomic E-state index is 5.74. The molecule has 0 spiro atoms. The molecule has 0 bridgehead atoms. The second-order valence-electron chi connectivity index (χ2n) is 3.70. The van der Waals surface area contributed by atoms with E-state index in [4.69, 9.17) is 4.74 Å². The molecule has 1 unspecified atom stereocenters. The number of aliphatic imine (C=N–C) groups is 1. The van der Waals surface area contributed by atoms with Gasteiger partial charge in [-0.05, 0) is 18.6 Å². The molecule has 80 valence electrons. The molecule has 3 heteroatoms. The smallest absolute Gasteiger partial charge is 0.184 e. The summed E-state index contributed by atoms with van der Waals surface area (Å²) in [6, 6.07) is 5.88. The normalized spacial score (nSPS) is 19.8. The minimum Gasteiger partial charge on any atom is -0.469 e. The highest BCUT2D eigenvalue weighted by Gasteiger charge is 2.21. The van der Waals surface area contributed by atoms with E-state index in [1.807, 2.05) is 18.2 Å². The predicted octanol–water partition coefficient (Wildman–Crippen LogP) is 2.74. The number of hydrogen-bond acceptors (Lipinski definition) is 3. The van der Waals surface area contributed by atoms with Gasteiger partial charge in [-0.2, -0.15) is 0 Å². The second kappa shape index (κ2) is 4.91. The molecule has 0 N–H and O–H groups in total. The van der Waals surface area contributed by atoms with Crippen LogP contribution in [0.2, 0.25) is 0 Å². The van der Waals surface area contributed by atoms with E-state index in [0.717, 1.165) is 31.0 Å². The van der Waals surface area contributed by atoms with Crippen molar-refractivity contribution in [1.82, 2.24) is 4.98 Å². The molecule has 1 atom stereocenters. The summed E-state index contributed by atoms with van der Waals surface area (Å²) < 4.78 is 5.74. The van der Waals surface area contributed by atoms with Crippen molar-refractivity contribution in [3.05, 3.63) is 30.1 Å². The van der Waals surface area contributed by atoms with Gasteiger partial charge in [-0.1, -0.05) is 19.4 Å². The summed E-state index contributed by atoms with van der Waals surface area (Å²) in [7, 11) is 0. The van der Waals surface area contributed by atoms with E-state index in [1.54, 1.807) is 6.20 Å². The molecule has 0 amide bonds. The molecule has 3 nitrogen and oxygen atoms in total. The van der Waals surface area contributed by atoms with E-state index in [0.29, 0.717) is 0 Å². The summed E-state index contributed by atoms with van der Waals surface area (Å²) >= 11 is 0. The van der Waals surface area contributed by atoms with Crippen LogP contribution >= 0.6 is 0 Å². The van der Waals surface area contributed by atoms with Crippen molar-refractivity contribution in [2.24, 2.45) is 4.99 Å². The van der Waals surface area contributed by atoms with Gasteiger partial charge in [-0.25, -0.2) is 0 Å². The molecule has 1 aliphatic heterocycles. The van der Waals surface area contributed by atoms with Gasteiger partial charge in [-0.15, -0.1) is 0 Å². The van der Waals surface area contributed by atoms with Gasteiger partial charge < -0.3 is 4.74 Å². The van der Waals surface area contributed by atoms with Crippen LogP contribution in [-0.4, -0.2) is 17.4 Å². The van der Waals surface area contributed by atoms with Crippen molar-refractivity contribution in [2.75, 3.05) is 6.54 Å². The Morgan fingerprint density at radius 1 is 1.47 bits per heavy atom. The van der Waals surface area contributed by atoms with E-state index in [2.05, 4.69) is 16.9 Å². The van der Waals surface area contributed by atoms with Gasteiger partial charge in [0.05, 0.1) is 12.2 Å². The molecule has 1 aromatic heterocycles. The molecule has 0 radical (unpaired) electrons. The molecular weight excluding hydrogens is 188 g/mol. The minimum absolute atomic E-state index is 0.0399. The number of ether oxygens (including phenoxy) is 1. The van der Waals surface area contributed by atoms with Crippen molar-refractivity contribution >= 4 is 5.90 Å². The van der Waals surface area contributed by atoms with Gasteiger partial charge in [0, 0.05) is 12.6 Å². The third kappa shape index (κ3) is 2.55. The van der Waals surface area contributed by atoms with Crippen molar-refractivity contribution in [2.45, 2.75) is 32.3 Å². The monoisotopic (exact) mass is 204 g/mol. The lowest BCUT2D eigenvalue weighted by atomic mass is 10.2. The SMILES string of the molecule is CCCCC1=NCC(c2ccccn2)O1. The highest BCUT2D eigenvalue weighted by atomic mass is 16.5. The van der Waals surface area contributed by atoms with Crippen molar-refractivity contribution in [1.29, 1.82) is 0 Å². The second-order valence-corrected chi connectivity index (χ2v) is 3.70. The van der Waals surface area contributed by atoms with Crippen LogP contribution in [0.3, 0.4) is 0 Å². The van der Waals surface area contributed by atoms with Gasteiger partial charge in [0.25, 0.3) is 0 Å². The highest BCUT2D eigenvalue weighted by molar-refractivity contribution is 5.77. The first-order chi connectivity index (χ1) is 7.40. The highest BCUT2D eigenvalue weighted by Crippen LogP contribution is 2.22. The van der Waals surface area contributed by atoms with Crippen molar-refractivity contribution in [3.8, 4) is 0 Å². The van der Waals surface area contributed by atoms with Gasteiger partial charge in [0.15, 0.2) is 12.0 Å². The molecule has 1 aromatic rings. The lowest BCUT2D eigenvalue weighted by molar-refractivity contribution is 0.218. The van der Waals surface area contributed by atoms with Crippen LogP contribution in [-0.2, 0) is 4.74 Å². The van der Waals surface area contributed by atoms with Crippen LogP contribution in [0.1, 0.15) is 38.0 Å². The first-order valence-electron chi connectivity index (χ1n) is 5.51. The summed E-state index contributed by atoms with van der Waals surface area (Å²) in [5.41, 5.74) is 0.979. The third-order valence-electron chi connectivity index (χ3n) is 2.47. The van der Waals surface area contributed by atoms with Gasteiger partial charge >= 0.3 is 0 Å². The van der Waals surface area contributed by atoms with Crippen LogP contribution in [0.4, 0.5) is 0 Å². The fourth-order valence-corrected chi connectivity index (χ4v) is 1.61. The number of pyridine rings is 1. The fourth-order valence-electron chi connectivity index (χ4n) is 1.61. The molecule has 0 saturated heterocycles. The Morgan fingerprint density at radius 3 is 3.13 bits per heavy atom. The Hall–Kier alpha value is -1.38. The zero-order chi connectivity index (χ0) is 10.5. The van der Waals surface area contributed by atoms with E-state index in [1.165, 1.54) is 6.42 Å². The molecule has 0 aromatic carbocycles. The number of rotatable bonds is 4. The number of nitrogens with zero attached hydrogens (tertiary/aromatic N) is 2. The molecule has 2 heterocycles. The van der Waals surface area contributed by atoms with E-state index in [9.17, 15) is 0 Å². The Bertz CT molecular complexity index is 335. The maximum Gasteiger partial charge on any atom is 0.184 e. The van der Waals surface area contributed by atoms with E-state index < -0.39 is 0 Å². The molecular formula is C12H16N2O. The zero-order valence-electron chi connectivity index (χ0n) is 9.02. The van der Waals surface area contributed by atoms with Crippen LogP contribution in [0.5, 0.6) is 0 Å². The fraction of sp³-hybridized carbons (Fsp3) is 0.500. The van der Waals surface area contributed by atoms with Gasteiger partial charge in [0.1, 0.15) is 0 Å². The van der Waals surface area contributed by atoms with Crippen LogP contribution in [0, 0.1) is 0 Å². The van der Waals surface area contributed by atoms with E-state index >= 15 is 0 Å². The lowest BCUT2D eigenvalue weighted by Gasteiger charge is -2.09. The van der Waals surface area contributed by atoms with Crippen LogP contribution < -0.4 is 0 Å². The summed E-state index contributed by atoms with van der Waals surface area (Å²) in [4.78, 5) is 8.66. The Balaban J connectivity index is 1.90. The summed E-state index contributed by atoms with van der Waals surface area (Å²) in [6.45, 7) is 2.89. The lowest BCUT2D eigenvalue weighted by Crippen LogP contribution is -2.06. The standard InChI is InChI=1S/C12H16N2O/c1-2-3-7-12-14-9-11(15-12)10-6-4-5-8-13-10/h4-6,8,11H,2-3,7,9H2,1H3. The molecule has 15 heavy (non-hydrogen) atoms. The number of hydrogen-bond donors (Lipinski definition) is 0. The summed E-state index contributed by atoms with van der Waals surface area (Å²) in [5.74, 6) is 0.896. The number of aromatic nitrogens is 1. The first-order valence-corrected chi connectivity index (χ1v) is 5.51. The third-order valence-corrected chi connectivity index (χ3v) is 2.47. The van der Waals surface area contributed by atoms with Crippen molar-refractivity contribution < 1.29 is 4.74 Å². The van der Waals surface area contributed by atoms with E-state index in [-0.39, 0.29) is 6.10 Å². The number of unbranched alkanes of at least 4 members (excludes halogenated alkanes) is 1. The van der Waals surface area contributed by atoms with Crippen LogP contribution in [0.15, 0.2) is 29.4 Å². The topological polar surface area (TPSA) is 34.5 Å². The molecule has 0 aliphatic carbocycles. The Kier molecular flexibility index (Phi) is 3.33. The minimum atomic E-state index is 0.0399. The van der Waals surface area contributed by atoms with Crippen molar-refractivity contribution in [3.63, 3.8) is 0 Å². The van der Waals surface area contributed by atoms with Gasteiger partial charge in [-0.3, -0.25) is 9.98 Å². The Labute approximate surface area is 90.2 Å². The molecule has 0 fully saturated rings. The summed E-state index contributed by atoms with van der Waals surface area (Å²) in [6.07, 6.45) is 5.12. The average Bonchev–Trinajstić information content (AvgIpc) is 2.76. The largest absolute Gasteiger partial charge is 0.469 e. The quantitative estimate of drug-likeness (QED) is 0.755.